The van der Waals surface area contributed by atoms with Gasteiger partial charge in [0.2, 0.25) is 0 Å². The van der Waals surface area contributed by atoms with Crippen LogP contribution in [0.3, 0.4) is 0 Å². The quantitative estimate of drug-likeness (QED) is 0.657. The van der Waals surface area contributed by atoms with Crippen LogP contribution in [-0.4, -0.2) is 10.6 Å². The van der Waals surface area contributed by atoms with Gasteiger partial charge in [-0.3, -0.25) is 15.5 Å². The first-order valence-corrected chi connectivity index (χ1v) is 5.87. The van der Waals surface area contributed by atoms with Crippen molar-refractivity contribution in [3.8, 4) is 0 Å². The van der Waals surface area contributed by atoms with Gasteiger partial charge in [0.25, 0.3) is 5.69 Å². The lowest BCUT2D eigenvalue weighted by Gasteiger charge is -2.20. The van der Waals surface area contributed by atoms with E-state index in [0.717, 1.165) is 23.4 Å². The molecule has 5 heteroatoms. The molecule has 0 saturated heterocycles. The second-order valence-electron chi connectivity index (χ2n) is 4.24. The van der Waals surface area contributed by atoms with E-state index in [1.165, 1.54) is 6.07 Å². The van der Waals surface area contributed by atoms with Crippen LogP contribution >= 0.6 is 0 Å². The Labute approximate surface area is 105 Å². The third kappa shape index (κ3) is 2.40. The van der Waals surface area contributed by atoms with Gasteiger partial charge in [-0.2, -0.15) is 5.10 Å². The summed E-state index contributed by atoms with van der Waals surface area (Å²) in [4.78, 5) is 10.4. The molecule has 0 fully saturated rings. The lowest BCUT2D eigenvalue weighted by molar-refractivity contribution is -0.384. The molecule has 2 rings (SSSR count). The molecule has 0 saturated carbocycles. The monoisotopic (exact) mass is 245 g/mol. The highest BCUT2D eigenvalue weighted by molar-refractivity contribution is 5.91. The lowest BCUT2D eigenvalue weighted by Crippen LogP contribution is -2.20. The molecule has 0 amide bonds. The first-order valence-electron chi connectivity index (χ1n) is 5.87. The molecule has 1 unspecified atom stereocenters. The highest BCUT2D eigenvalue weighted by Gasteiger charge is 2.19. The van der Waals surface area contributed by atoms with Crippen molar-refractivity contribution in [2.24, 2.45) is 5.10 Å². The first kappa shape index (κ1) is 12.3. The van der Waals surface area contributed by atoms with E-state index in [1.807, 2.05) is 19.9 Å². The first-order chi connectivity index (χ1) is 8.61. The normalized spacial score (nSPS) is 18.7. The average Bonchev–Trinajstić information content (AvgIpc) is 2.39. The maximum Gasteiger partial charge on any atom is 0.269 e. The van der Waals surface area contributed by atoms with Crippen molar-refractivity contribution < 1.29 is 4.92 Å². The molecule has 0 aromatic heterocycles. The molecule has 0 bridgehead atoms. The van der Waals surface area contributed by atoms with E-state index in [1.54, 1.807) is 12.1 Å². The third-order valence-electron chi connectivity index (χ3n) is 3.01. The summed E-state index contributed by atoms with van der Waals surface area (Å²) in [5.41, 5.74) is 5.94. The van der Waals surface area contributed by atoms with Crippen molar-refractivity contribution in [1.29, 1.82) is 0 Å². The number of nitro benzene ring substituents is 1. The summed E-state index contributed by atoms with van der Waals surface area (Å²) in [5.74, 6) is 0.0149. The van der Waals surface area contributed by atoms with E-state index in [9.17, 15) is 10.1 Å². The molecule has 1 heterocycles. The molecule has 0 spiro atoms. The largest absolute Gasteiger partial charge is 0.283 e. The van der Waals surface area contributed by atoms with Gasteiger partial charge in [0, 0.05) is 29.5 Å². The van der Waals surface area contributed by atoms with E-state index < -0.39 is 0 Å². The molecule has 1 atom stereocenters. The average molecular weight is 245 g/mol. The predicted octanol–water partition coefficient (Wildman–Crippen LogP) is 2.95. The Bertz CT molecular complexity index is 535. The minimum Gasteiger partial charge on any atom is -0.283 e. The summed E-state index contributed by atoms with van der Waals surface area (Å²) >= 11 is 0. The zero-order chi connectivity index (χ0) is 13.1. The highest BCUT2D eigenvalue weighted by atomic mass is 16.6. The fourth-order valence-electron chi connectivity index (χ4n) is 1.95. The van der Waals surface area contributed by atoms with E-state index in [2.05, 4.69) is 16.6 Å². The van der Waals surface area contributed by atoms with Gasteiger partial charge in [-0.1, -0.05) is 25.1 Å². The van der Waals surface area contributed by atoms with Crippen LogP contribution in [-0.2, 0) is 0 Å². The zero-order valence-corrected chi connectivity index (χ0v) is 10.4. The Kier molecular flexibility index (Phi) is 3.41. The van der Waals surface area contributed by atoms with Crippen LogP contribution < -0.4 is 5.43 Å². The van der Waals surface area contributed by atoms with Crippen molar-refractivity contribution >= 4 is 11.4 Å². The highest BCUT2D eigenvalue weighted by Crippen LogP contribution is 2.26. The minimum absolute atomic E-state index is 0.0149. The number of nitrogens with one attached hydrogen (secondary N) is 1. The van der Waals surface area contributed by atoms with Gasteiger partial charge in [-0.25, -0.2) is 0 Å². The van der Waals surface area contributed by atoms with E-state index >= 15 is 0 Å². The van der Waals surface area contributed by atoms with Gasteiger partial charge in [-0.15, -0.1) is 0 Å². The van der Waals surface area contributed by atoms with Gasteiger partial charge in [0.15, 0.2) is 0 Å². The van der Waals surface area contributed by atoms with E-state index in [4.69, 9.17) is 0 Å². The van der Waals surface area contributed by atoms with Crippen molar-refractivity contribution in [2.45, 2.75) is 26.2 Å². The van der Waals surface area contributed by atoms with Crippen molar-refractivity contribution in [2.75, 3.05) is 0 Å². The van der Waals surface area contributed by atoms with Crippen LogP contribution in [0.1, 0.15) is 31.7 Å². The lowest BCUT2D eigenvalue weighted by atomic mass is 9.92. The second-order valence-corrected chi connectivity index (χ2v) is 4.24. The van der Waals surface area contributed by atoms with Gasteiger partial charge in [0.05, 0.1) is 4.92 Å². The molecular weight excluding hydrogens is 230 g/mol. The number of nitrogens with zero attached hydrogens (tertiary/aromatic N) is 2. The van der Waals surface area contributed by atoms with Gasteiger partial charge >= 0.3 is 0 Å². The molecule has 5 nitrogen and oxygen atoms in total. The number of rotatable bonds is 3. The molecule has 1 aromatic rings. The van der Waals surface area contributed by atoms with Gasteiger partial charge in [-0.05, 0) is 18.9 Å². The summed E-state index contributed by atoms with van der Waals surface area (Å²) in [6.07, 6.45) is 2.93. The van der Waals surface area contributed by atoms with Crippen molar-refractivity contribution in [1.82, 2.24) is 5.43 Å². The van der Waals surface area contributed by atoms with Crippen LogP contribution in [0.2, 0.25) is 0 Å². The molecule has 0 aliphatic carbocycles. The summed E-state index contributed by atoms with van der Waals surface area (Å²) in [5, 5.41) is 15.0. The topological polar surface area (TPSA) is 67.5 Å². The number of non-ortho nitro benzene ring substituents is 1. The van der Waals surface area contributed by atoms with Gasteiger partial charge in [0.1, 0.15) is 0 Å². The Hall–Kier alpha value is -2.17. The Balaban J connectivity index is 2.38. The fraction of sp³-hybridized carbons (Fsp3) is 0.308. The maximum absolute atomic E-state index is 10.8. The van der Waals surface area contributed by atoms with Crippen molar-refractivity contribution in [3.05, 3.63) is 51.7 Å². The molecule has 94 valence electrons. The standard InChI is InChI=1S/C13H15N3O2/c1-3-11-8-13(9(2)14-15-11)10-5-4-6-12(7-10)16(17)18/h4-8,13,15H,3H2,1-2H3. The van der Waals surface area contributed by atoms with E-state index in [0.29, 0.717) is 0 Å². The second kappa shape index (κ2) is 5.00. The molecule has 0 radical (unpaired) electrons. The number of hydrogen-bond acceptors (Lipinski definition) is 4. The summed E-state index contributed by atoms with van der Waals surface area (Å²) in [6, 6.07) is 6.72. The number of hydrazone groups is 1. The predicted molar refractivity (Wildman–Crippen MR) is 70.5 cm³/mol. The maximum atomic E-state index is 10.8. The number of hydrogen-bond donors (Lipinski definition) is 1. The summed E-state index contributed by atoms with van der Waals surface area (Å²) in [6.45, 7) is 3.96. The SMILES string of the molecule is CCC1=CC(c2cccc([N+](=O)[O-])c2)C(C)=NN1. The molecule has 1 N–H and O–H groups in total. The Morgan fingerprint density at radius 3 is 2.94 bits per heavy atom. The molecule has 18 heavy (non-hydrogen) atoms. The fourth-order valence-corrected chi connectivity index (χ4v) is 1.95. The number of allylic oxidation sites excluding steroid dienone is 2. The summed E-state index contributed by atoms with van der Waals surface area (Å²) in [7, 11) is 0. The van der Waals surface area contributed by atoms with E-state index in [-0.39, 0.29) is 16.5 Å². The number of nitro groups is 1. The smallest absolute Gasteiger partial charge is 0.269 e. The molecule has 1 aliphatic rings. The Morgan fingerprint density at radius 2 is 2.28 bits per heavy atom. The van der Waals surface area contributed by atoms with Gasteiger partial charge < -0.3 is 0 Å². The van der Waals surface area contributed by atoms with Crippen molar-refractivity contribution in [3.63, 3.8) is 0 Å². The van der Waals surface area contributed by atoms with Crippen LogP contribution in [0.4, 0.5) is 5.69 Å². The molecule has 1 aromatic carbocycles. The van der Waals surface area contributed by atoms with Crippen LogP contribution in [0, 0.1) is 10.1 Å². The minimum atomic E-state index is -0.374. The Morgan fingerprint density at radius 1 is 1.50 bits per heavy atom. The zero-order valence-electron chi connectivity index (χ0n) is 10.4. The molecular formula is C13H15N3O2. The number of benzene rings is 1. The van der Waals surface area contributed by atoms with Crippen LogP contribution in [0.25, 0.3) is 0 Å². The molecule has 1 aliphatic heterocycles. The van der Waals surface area contributed by atoms with Crippen LogP contribution in [0.5, 0.6) is 0 Å². The van der Waals surface area contributed by atoms with Crippen LogP contribution in [0.15, 0.2) is 41.1 Å². The summed E-state index contributed by atoms with van der Waals surface area (Å²) < 4.78 is 0. The third-order valence-corrected chi connectivity index (χ3v) is 3.01.